The number of nitrogens with zero attached hydrogens (tertiary/aromatic N) is 1. The molecule has 2 rings (SSSR count). The van der Waals surface area contributed by atoms with Crippen LogP contribution in [0.15, 0.2) is 45.3 Å². The number of rotatable bonds is 3. The maximum Gasteiger partial charge on any atom is 0.271 e. The predicted octanol–water partition coefficient (Wildman–Crippen LogP) is 5.03. The van der Waals surface area contributed by atoms with E-state index in [1.54, 1.807) is 18.2 Å². The summed E-state index contributed by atoms with van der Waals surface area (Å²) in [6.07, 6.45) is 0. The smallest absolute Gasteiger partial charge is 0.271 e. The van der Waals surface area contributed by atoms with E-state index in [9.17, 15) is 14.9 Å². The fourth-order valence-electron chi connectivity index (χ4n) is 1.61. The minimum absolute atomic E-state index is 0.167. The topological polar surface area (TPSA) is 72.2 Å². The Bertz CT molecular complexity index is 737. The molecule has 0 aromatic heterocycles. The number of non-ortho nitro benzene ring substituents is 1. The van der Waals surface area contributed by atoms with E-state index in [1.165, 1.54) is 18.2 Å². The number of hydrogen-bond acceptors (Lipinski definition) is 3. The summed E-state index contributed by atoms with van der Waals surface area (Å²) in [5.74, 6) is -0.470. The van der Waals surface area contributed by atoms with Crippen molar-refractivity contribution in [3.8, 4) is 0 Å². The van der Waals surface area contributed by atoms with Crippen LogP contribution in [-0.4, -0.2) is 10.8 Å². The molecule has 1 amide bonds. The van der Waals surface area contributed by atoms with Gasteiger partial charge in [-0.1, -0.05) is 33.6 Å². The third kappa shape index (κ3) is 3.81. The van der Waals surface area contributed by atoms with Crippen molar-refractivity contribution in [3.05, 3.63) is 66.0 Å². The molecule has 0 heterocycles. The van der Waals surface area contributed by atoms with Crippen molar-refractivity contribution in [2.75, 3.05) is 5.32 Å². The number of benzene rings is 2. The summed E-state index contributed by atoms with van der Waals surface area (Å²) >= 11 is 12.4. The second kappa shape index (κ2) is 6.55. The van der Waals surface area contributed by atoms with Crippen LogP contribution < -0.4 is 5.32 Å². The van der Waals surface area contributed by atoms with Crippen LogP contribution in [0.2, 0.25) is 5.02 Å². The molecular weight excluding hydrogens is 427 g/mol. The summed E-state index contributed by atoms with van der Waals surface area (Å²) in [7, 11) is 0. The van der Waals surface area contributed by atoms with Crippen LogP contribution >= 0.6 is 43.5 Å². The summed E-state index contributed by atoms with van der Waals surface area (Å²) in [5, 5.41) is 13.9. The molecule has 0 atom stereocenters. The van der Waals surface area contributed by atoms with Crippen molar-refractivity contribution in [2.45, 2.75) is 0 Å². The molecule has 0 saturated carbocycles. The zero-order chi connectivity index (χ0) is 15.6. The fourth-order valence-corrected chi connectivity index (χ4v) is 2.62. The molecule has 0 aliphatic heterocycles. The molecule has 0 fully saturated rings. The van der Waals surface area contributed by atoms with E-state index >= 15 is 0 Å². The van der Waals surface area contributed by atoms with Crippen LogP contribution in [0.3, 0.4) is 0 Å². The lowest BCUT2D eigenvalue weighted by Gasteiger charge is -2.08. The Kier molecular flexibility index (Phi) is 4.97. The van der Waals surface area contributed by atoms with Gasteiger partial charge in [0.2, 0.25) is 0 Å². The van der Waals surface area contributed by atoms with Crippen molar-refractivity contribution in [1.29, 1.82) is 0 Å². The largest absolute Gasteiger partial charge is 0.321 e. The minimum atomic E-state index is -0.559. The van der Waals surface area contributed by atoms with E-state index in [0.29, 0.717) is 19.7 Å². The number of hydrogen-bond donors (Lipinski definition) is 1. The van der Waals surface area contributed by atoms with Gasteiger partial charge in [0, 0.05) is 22.2 Å². The van der Waals surface area contributed by atoms with Gasteiger partial charge in [-0.25, -0.2) is 0 Å². The maximum absolute atomic E-state index is 12.2. The molecular formula is C13H7Br2ClN2O3. The third-order valence-corrected chi connectivity index (χ3v) is 4.41. The summed E-state index contributed by atoms with van der Waals surface area (Å²) in [6, 6.07) is 9.06. The number of nitro groups is 1. The molecule has 2 aromatic carbocycles. The number of nitrogens with one attached hydrogen (secondary N) is 1. The second-order valence-corrected chi connectivity index (χ2v) is 6.13. The van der Waals surface area contributed by atoms with E-state index in [-0.39, 0.29) is 11.3 Å². The van der Waals surface area contributed by atoms with Gasteiger partial charge in [-0.3, -0.25) is 14.9 Å². The van der Waals surface area contributed by atoms with E-state index < -0.39 is 10.8 Å². The lowest BCUT2D eigenvalue weighted by atomic mass is 10.2. The van der Waals surface area contributed by atoms with Crippen LogP contribution in [0.1, 0.15) is 10.4 Å². The summed E-state index contributed by atoms with van der Waals surface area (Å²) in [6.45, 7) is 0. The van der Waals surface area contributed by atoms with Crippen LogP contribution in [-0.2, 0) is 0 Å². The standard InChI is InChI=1S/C13H7Br2ClN2O3/c14-8-4-7(5-9(6-8)18(20)21)13(19)17-11-3-1-2-10(16)12(11)15/h1-6H,(H,17,19). The zero-order valence-electron chi connectivity index (χ0n) is 10.3. The highest BCUT2D eigenvalue weighted by Crippen LogP contribution is 2.30. The minimum Gasteiger partial charge on any atom is -0.321 e. The quantitative estimate of drug-likeness (QED) is 0.544. The lowest BCUT2D eigenvalue weighted by molar-refractivity contribution is -0.384. The van der Waals surface area contributed by atoms with Crippen molar-refractivity contribution >= 4 is 60.7 Å². The molecule has 0 radical (unpaired) electrons. The number of amides is 1. The van der Waals surface area contributed by atoms with Gasteiger partial charge < -0.3 is 5.32 Å². The molecule has 0 bridgehead atoms. The number of carbonyl (C=O) groups is 1. The summed E-state index contributed by atoms with van der Waals surface area (Å²) in [5.41, 5.74) is 0.484. The average molecular weight is 434 g/mol. The Labute approximate surface area is 141 Å². The first-order chi connectivity index (χ1) is 9.88. The Morgan fingerprint density at radius 3 is 2.62 bits per heavy atom. The molecule has 1 N–H and O–H groups in total. The SMILES string of the molecule is O=C(Nc1cccc(Cl)c1Br)c1cc(Br)cc([N+](=O)[O-])c1. The van der Waals surface area contributed by atoms with Crippen LogP contribution in [0, 0.1) is 10.1 Å². The van der Waals surface area contributed by atoms with Gasteiger partial charge in [0.15, 0.2) is 0 Å². The molecule has 21 heavy (non-hydrogen) atoms. The van der Waals surface area contributed by atoms with Crippen molar-refractivity contribution < 1.29 is 9.72 Å². The zero-order valence-corrected chi connectivity index (χ0v) is 14.2. The van der Waals surface area contributed by atoms with Gasteiger partial charge in [0.25, 0.3) is 11.6 Å². The van der Waals surface area contributed by atoms with Gasteiger partial charge in [0.05, 0.1) is 20.1 Å². The first kappa shape index (κ1) is 15.9. The van der Waals surface area contributed by atoms with Crippen molar-refractivity contribution in [2.24, 2.45) is 0 Å². The normalized spacial score (nSPS) is 10.2. The highest BCUT2D eigenvalue weighted by molar-refractivity contribution is 9.11. The highest BCUT2D eigenvalue weighted by atomic mass is 79.9. The Hall–Kier alpha value is -1.44. The lowest BCUT2D eigenvalue weighted by Crippen LogP contribution is -2.12. The van der Waals surface area contributed by atoms with Gasteiger partial charge in [-0.2, -0.15) is 0 Å². The number of anilines is 1. The molecule has 0 spiro atoms. The average Bonchev–Trinajstić information content (AvgIpc) is 2.43. The molecule has 0 aliphatic carbocycles. The Morgan fingerprint density at radius 1 is 1.24 bits per heavy atom. The van der Waals surface area contributed by atoms with E-state index in [0.717, 1.165) is 0 Å². The number of halogens is 3. The van der Waals surface area contributed by atoms with Gasteiger partial charge in [-0.15, -0.1) is 0 Å². The summed E-state index contributed by atoms with van der Waals surface area (Å²) < 4.78 is 0.997. The molecule has 0 unspecified atom stereocenters. The first-order valence-electron chi connectivity index (χ1n) is 5.59. The van der Waals surface area contributed by atoms with Gasteiger partial charge in [-0.05, 0) is 34.1 Å². The highest BCUT2D eigenvalue weighted by Gasteiger charge is 2.15. The monoisotopic (exact) mass is 432 g/mol. The van der Waals surface area contributed by atoms with E-state index in [2.05, 4.69) is 37.2 Å². The molecule has 0 aliphatic rings. The number of carbonyl (C=O) groups excluding carboxylic acids is 1. The molecule has 5 nitrogen and oxygen atoms in total. The Morgan fingerprint density at radius 2 is 1.95 bits per heavy atom. The van der Waals surface area contributed by atoms with Gasteiger partial charge >= 0.3 is 0 Å². The van der Waals surface area contributed by atoms with E-state index in [4.69, 9.17) is 11.6 Å². The van der Waals surface area contributed by atoms with Gasteiger partial charge in [0.1, 0.15) is 0 Å². The molecule has 0 saturated heterocycles. The van der Waals surface area contributed by atoms with Crippen molar-refractivity contribution in [3.63, 3.8) is 0 Å². The number of nitro benzene ring substituents is 1. The van der Waals surface area contributed by atoms with Crippen LogP contribution in [0.5, 0.6) is 0 Å². The molecule has 108 valence electrons. The van der Waals surface area contributed by atoms with Crippen molar-refractivity contribution in [1.82, 2.24) is 0 Å². The first-order valence-corrected chi connectivity index (χ1v) is 7.55. The predicted molar refractivity (Wildman–Crippen MR) is 87.9 cm³/mol. The van der Waals surface area contributed by atoms with Crippen LogP contribution in [0.4, 0.5) is 11.4 Å². The fraction of sp³-hybridized carbons (Fsp3) is 0. The third-order valence-electron chi connectivity index (χ3n) is 2.56. The summed E-state index contributed by atoms with van der Waals surface area (Å²) in [4.78, 5) is 22.4. The molecule has 2 aromatic rings. The molecule has 8 heteroatoms. The Balaban J connectivity index is 2.32. The van der Waals surface area contributed by atoms with Crippen LogP contribution in [0.25, 0.3) is 0 Å². The maximum atomic E-state index is 12.2. The van der Waals surface area contributed by atoms with E-state index in [1.807, 2.05) is 0 Å². The second-order valence-electron chi connectivity index (χ2n) is 4.01.